The van der Waals surface area contributed by atoms with Crippen LogP contribution >= 0.6 is 0 Å². The summed E-state index contributed by atoms with van der Waals surface area (Å²) in [5, 5.41) is 2.54. The van der Waals surface area contributed by atoms with Crippen molar-refractivity contribution in [3.05, 3.63) is 97.1 Å². The monoisotopic (exact) mass is 373 g/mol. The molecule has 6 rings (SSSR count). The molecule has 3 heteroatoms. The van der Waals surface area contributed by atoms with E-state index in [0.29, 0.717) is 0 Å². The molecule has 3 nitrogen and oxygen atoms in total. The van der Waals surface area contributed by atoms with Crippen molar-refractivity contribution in [1.29, 1.82) is 0 Å². The third-order valence-electron chi connectivity index (χ3n) is 5.74. The van der Waals surface area contributed by atoms with Gasteiger partial charge in [-0.3, -0.25) is 4.57 Å². The highest BCUT2D eigenvalue weighted by Gasteiger charge is 2.18. The predicted molar refractivity (Wildman–Crippen MR) is 120 cm³/mol. The fraction of sp³-hybridized carbons (Fsp3) is 0.0385. The van der Waals surface area contributed by atoms with E-state index >= 15 is 0 Å². The van der Waals surface area contributed by atoms with Gasteiger partial charge in [0.15, 0.2) is 0 Å². The smallest absolute Gasteiger partial charge is 0.145 e. The van der Waals surface area contributed by atoms with Gasteiger partial charge in [-0.25, -0.2) is 4.98 Å². The molecular weight excluding hydrogens is 354 g/mol. The molecule has 0 atom stereocenters. The van der Waals surface area contributed by atoms with E-state index in [2.05, 4.69) is 101 Å². The van der Waals surface area contributed by atoms with Gasteiger partial charge in [-0.05, 0) is 24.3 Å². The summed E-state index contributed by atoms with van der Waals surface area (Å²) in [6.07, 6.45) is 0. The van der Waals surface area contributed by atoms with Gasteiger partial charge in [0.1, 0.15) is 5.82 Å². The van der Waals surface area contributed by atoms with Gasteiger partial charge < -0.3 is 4.57 Å². The van der Waals surface area contributed by atoms with Gasteiger partial charge >= 0.3 is 0 Å². The summed E-state index contributed by atoms with van der Waals surface area (Å²) in [5.41, 5.74) is 6.83. The lowest BCUT2D eigenvalue weighted by Gasteiger charge is -2.12. The lowest BCUT2D eigenvalue weighted by molar-refractivity contribution is 0.996. The largest absolute Gasteiger partial charge is 0.342 e. The Kier molecular flexibility index (Phi) is 3.38. The lowest BCUT2D eigenvalue weighted by atomic mass is 10.1. The Morgan fingerprint density at radius 1 is 0.621 bits per heavy atom. The minimum atomic E-state index is 0.963. The SMILES string of the molecule is Cn1c2ccccc2c2cccc(-n3c(-c4ccccc4)nc4ccccc43)c21. The molecule has 0 amide bonds. The molecule has 0 saturated heterocycles. The van der Waals surface area contributed by atoms with Crippen LogP contribution in [0.4, 0.5) is 0 Å². The summed E-state index contributed by atoms with van der Waals surface area (Å²) in [6, 6.07) is 33.9. The summed E-state index contributed by atoms with van der Waals surface area (Å²) in [6.45, 7) is 0. The minimum Gasteiger partial charge on any atom is -0.342 e. The summed E-state index contributed by atoms with van der Waals surface area (Å²) in [4.78, 5) is 5.00. The molecule has 6 aromatic rings. The average Bonchev–Trinajstić information content (AvgIpc) is 3.31. The Morgan fingerprint density at radius 2 is 1.31 bits per heavy atom. The molecule has 2 heterocycles. The van der Waals surface area contributed by atoms with E-state index in [1.165, 1.54) is 21.8 Å². The Hall–Kier alpha value is -3.85. The third-order valence-corrected chi connectivity index (χ3v) is 5.74. The highest BCUT2D eigenvalue weighted by atomic mass is 15.1. The van der Waals surface area contributed by atoms with Crippen LogP contribution in [0.2, 0.25) is 0 Å². The Labute approximate surface area is 168 Å². The molecule has 0 bridgehead atoms. The molecule has 0 unspecified atom stereocenters. The molecule has 0 radical (unpaired) electrons. The molecule has 4 aromatic carbocycles. The number of hydrogen-bond acceptors (Lipinski definition) is 1. The van der Waals surface area contributed by atoms with Crippen molar-refractivity contribution in [2.75, 3.05) is 0 Å². The molecule has 138 valence electrons. The summed E-state index contributed by atoms with van der Waals surface area (Å²) >= 11 is 0. The summed E-state index contributed by atoms with van der Waals surface area (Å²) in [5.74, 6) is 0.963. The van der Waals surface area contributed by atoms with Crippen LogP contribution in [-0.2, 0) is 7.05 Å². The number of benzene rings is 4. The van der Waals surface area contributed by atoms with Gasteiger partial charge in [0.2, 0.25) is 0 Å². The number of aryl methyl sites for hydroxylation is 1. The van der Waals surface area contributed by atoms with Gasteiger partial charge in [-0.2, -0.15) is 0 Å². The third kappa shape index (κ3) is 2.28. The molecule has 0 aliphatic rings. The zero-order valence-electron chi connectivity index (χ0n) is 16.1. The van der Waals surface area contributed by atoms with Crippen LogP contribution in [0.25, 0.3) is 49.9 Å². The first-order valence-corrected chi connectivity index (χ1v) is 9.82. The highest BCUT2D eigenvalue weighted by molar-refractivity contribution is 6.11. The molecule has 29 heavy (non-hydrogen) atoms. The molecule has 0 spiro atoms. The molecule has 0 saturated carbocycles. The lowest BCUT2D eigenvalue weighted by Crippen LogP contribution is -2.01. The van der Waals surface area contributed by atoms with Crippen molar-refractivity contribution in [2.24, 2.45) is 7.05 Å². The number of aromatic nitrogens is 3. The van der Waals surface area contributed by atoms with Crippen LogP contribution in [0.1, 0.15) is 0 Å². The standard InChI is InChI=1S/C26H19N3/c1-28-22-15-7-5-12-19(22)20-13-9-17-24(25(20)28)29-23-16-8-6-14-21(23)27-26(29)18-10-3-2-4-11-18/h2-17H,1H3. The summed E-state index contributed by atoms with van der Waals surface area (Å²) < 4.78 is 4.59. The van der Waals surface area contributed by atoms with Crippen molar-refractivity contribution < 1.29 is 0 Å². The molecular formula is C26H19N3. The van der Waals surface area contributed by atoms with Crippen molar-refractivity contribution >= 4 is 32.8 Å². The van der Waals surface area contributed by atoms with Crippen LogP contribution in [0.3, 0.4) is 0 Å². The van der Waals surface area contributed by atoms with E-state index in [1.807, 2.05) is 12.1 Å². The maximum atomic E-state index is 5.00. The number of para-hydroxylation sites is 4. The zero-order chi connectivity index (χ0) is 19.4. The quantitative estimate of drug-likeness (QED) is 0.347. The zero-order valence-corrected chi connectivity index (χ0v) is 16.1. The molecule has 0 N–H and O–H groups in total. The van der Waals surface area contributed by atoms with Crippen molar-refractivity contribution in [2.45, 2.75) is 0 Å². The first-order chi connectivity index (χ1) is 14.3. The average molecular weight is 373 g/mol. The van der Waals surface area contributed by atoms with Crippen LogP contribution < -0.4 is 0 Å². The molecule has 0 aliphatic heterocycles. The maximum Gasteiger partial charge on any atom is 0.145 e. The minimum absolute atomic E-state index is 0.963. The fourth-order valence-corrected chi connectivity index (χ4v) is 4.45. The van der Waals surface area contributed by atoms with Crippen LogP contribution in [-0.4, -0.2) is 14.1 Å². The first-order valence-electron chi connectivity index (χ1n) is 9.82. The van der Waals surface area contributed by atoms with Gasteiger partial charge in [-0.15, -0.1) is 0 Å². The van der Waals surface area contributed by atoms with Crippen LogP contribution in [0.5, 0.6) is 0 Å². The van der Waals surface area contributed by atoms with E-state index in [1.54, 1.807) is 0 Å². The predicted octanol–water partition coefficient (Wildman–Crippen LogP) is 6.34. The number of hydrogen-bond donors (Lipinski definition) is 0. The second-order valence-electron chi connectivity index (χ2n) is 7.38. The van der Waals surface area contributed by atoms with E-state index in [0.717, 1.165) is 28.1 Å². The Bertz CT molecular complexity index is 1500. The number of fused-ring (bicyclic) bond motifs is 4. The van der Waals surface area contributed by atoms with Crippen molar-refractivity contribution in [1.82, 2.24) is 14.1 Å². The van der Waals surface area contributed by atoms with E-state index in [9.17, 15) is 0 Å². The Balaban J connectivity index is 1.79. The van der Waals surface area contributed by atoms with E-state index in [-0.39, 0.29) is 0 Å². The van der Waals surface area contributed by atoms with Gasteiger partial charge in [0, 0.05) is 28.9 Å². The van der Waals surface area contributed by atoms with Gasteiger partial charge in [-0.1, -0.05) is 72.8 Å². The van der Waals surface area contributed by atoms with Gasteiger partial charge in [0.05, 0.1) is 22.2 Å². The normalized spacial score (nSPS) is 11.6. The van der Waals surface area contributed by atoms with Crippen LogP contribution in [0.15, 0.2) is 97.1 Å². The van der Waals surface area contributed by atoms with E-state index < -0.39 is 0 Å². The molecule has 0 fully saturated rings. The topological polar surface area (TPSA) is 22.8 Å². The second-order valence-corrected chi connectivity index (χ2v) is 7.38. The Morgan fingerprint density at radius 3 is 2.17 bits per heavy atom. The molecule has 0 aliphatic carbocycles. The molecule has 2 aromatic heterocycles. The number of nitrogens with zero attached hydrogens (tertiary/aromatic N) is 3. The van der Waals surface area contributed by atoms with Crippen molar-refractivity contribution in [3.63, 3.8) is 0 Å². The second kappa shape index (κ2) is 6.08. The van der Waals surface area contributed by atoms with Crippen molar-refractivity contribution in [3.8, 4) is 17.1 Å². The summed E-state index contributed by atoms with van der Waals surface area (Å²) in [7, 11) is 2.15. The van der Waals surface area contributed by atoms with E-state index in [4.69, 9.17) is 4.98 Å². The number of imidazole rings is 1. The number of rotatable bonds is 2. The maximum absolute atomic E-state index is 5.00. The fourth-order valence-electron chi connectivity index (χ4n) is 4.45. The van der Waals surface area contributed by atoms with Gasteiger partial charge in [0.25, 0.3) is 0 Å². The highest BCUT2D eigenvalue weighted by Crippen LogP contribution is 2.36. The van der Waals surface area contributed by atoms with Crippen LogP contribution in [0, 0.1) is 0 Å². The first kappa shape index (κ1) is 16.1.